The number of benzene rings is 3. The van der Waals surface area contributed by atoms with E-state index in [9.17, 15) is 4.79 Å². The van der Waals surface area contributed by atoms with E-state index in [1.807, 2.05) is 55.5 Å². The fourth-order valence-corrected chi connectivity index (χ4v) is 5.81. The number of nitrogens with one attached hydrogen (secondary N) is 1. The highest BCUT2D eigenvalue weighted by Gasteiger charge is 2.36. The third kappa shape index (κ3) is 6.33. The van der Waals surface area contributed by atoms with Crippen molar-refractivity contribution in [1.82, 2.24) is 5.01 Å². The second kappa shape index (κ2) is 12.3. The number of fused-ring (bicyclic) bond motifs is 1. The van der Waals surface area contributed by atoms with Gasteiger partial charge in [-0.05, 0) is 72.8 Å². The summed E-state index contributed by atoms with van der Waals surface area (Å²) >= 11 is 15.1. The molecule has 1 amide bonds. The molecule has 0 aromatic heterocycles. The van der Waals surface area contributed by atoms with Crippen molar-refractivity contribution >= 4 is 74.8 Å². The van der Waals surface area contributed by atoms with Crippen LogP contribution < -0.4 is 9.47 Å². The Morgan fingerprint density at radius 1 is 1.05 bits per heavy atom. The summed E-state index contributed by atoms with van der Waals surface area (Å²) < 4.78 is 11.8. The summed E-state index contributed by atoms with van der Waals surface area (Å²) in [5, 5.41) is 16.7. The van der Waals surface area contributed by atoms with Gasteiger partial charge >= 0.3 is 0 Å². The molecule has 0 unspecified atom stereocenters. The van der Waals surface area contributed by atoms with E-state index in [4.69, 9.17) is 38.1 Å². The molecule has 198 valence electrons. The molecule has 0 bridgehead atoms. The van der Waals surface area contributed by atoms with Crippen LogP contribution in [0.1, 0.15) is 18.1 Å². The fraction of sp³-hybridized carbons (Fsp3) is 0.143. The van der Waals surface area contributed by atoms with Crippen molar-refractivity contribution in [2.24, 2.45) is 10.1 Å². The minimum absolute atomic E-state index is 0.0583. The van der Waals surface area contributed by atoms with Gasteiger partial charge < -0.3 is 9.47 Å². The Labute approximate surface area is 244 Å². The second-order valence-corrected chi connectivity index (χ2v) is 11.2. The first-order chi connectivity index (χ1) is 18.9. The van der Waals surface area contributed by atoms with Crippen LogP contribution in [0.5, 0.6) is 11.5 Å². The molecule has 7 nitrogen and oxygen atoms in total. The minimum atomic E-state index is -0.508. The zero-order valence-electron chi connectivity index (χ0n) is 20.7. The molecule has 39 heavy (non-hydrogen) atoms. The number of amidine groups is 2. The summed E-state index contributed by atoms with van der Waals surface area (Å²) in [5.74, 6) is 1.34. The van der Waals surface area contributed by atoms with Gasteiger partial charge in [-0.3, -0.25) is 10.2 Å². The Kier molecular flexibility index (Phi) is 8.62. The van der Waals surface area contributed by atoms with Crippen LogP contribution in [0.15, 0.2) is 87.3 Å². The molecule has 0 saturated heterocycles. The van der Waals surface area contributed by atoms with Crippen LogP contribution in [0.25, 0.3) is 6.08 Å². The molecule has 0 radical (unpaired) electrons. The van der Waals surface area contributed by atoms with Gasteiger partial charge in [0.15, 0.2) is 17.3 Å². The van der Waals surface area contributed by atoms with Gasteiger partial charge in [0.1, 0.15) is 5.04 Å². The molecular formula is C28H22Cl2N4O3S2. The zero-order chi connectivity index (χ0) is 27.4. The van der Waals surface area contributed by atoms with Crippen LogP contribution in [0.2, 0.25) is 10.0 Å². The second-order valence-electron chi connectivity index (χ2n) is 8.20. The number of ether oxygens (including phenoxy) is 2. The van der Waals surface area contributed by atoms with E-state index in [-0.39, 0.29) is 11.4 Å². The van der Waals surface area contributed by atoms with E-state index in [0.717, 1.165) is 16.2 Å². The molecule has 5 rings (SSSR count). The van der Waals surface area contributed by atoms with Gasteiger partial charge in [-0.25, -0.2) is 0 Å². The summed E-state index contributed by atoms with van der Waals surface area (Å²) in [5.41, 5.74) is 1.52. The van der Waals surface area contributed by atoms with Crippen LogP contribution in [0, 0.1) is 5.41 Å². The van der Waals surface area contributed by atoms with Gasteiger partial charge in [-0.2, -0.15) is 15.1 Å². The van der Waals surface area contributed by atoms with Crippen LogP contribution in [0.3, 0.4) is 0 Å². The number of halogens is 2. The lowest BCUT2D eigenvalue weighted by molar-refractivity contribution is -0.114. The summed E-state index contributed by atoms with van der Waals surface area (Å²) in [6, 6.07) is 20.4. The molecular weight excluding hydrogens is 575 g/mol. The third-order valence-electron chi connectivity index (χ3n) is 5.56. The van der Waals surface area contributed by atoms with Gasteiger partial charge in [-0.1, -0.05) is 47.5 Å². The summed E-state index contributed by atoms with van der Waals surface area (Å²) in [7, 11) is 0. The van der Waals surface area contributed by atoms with Crippen molar-refractivity contribution in [2.75, 3.05) is 19.0 Å². The van der Waals surface area contributed by atoms with Crippen molar-refractivity contribution in [3.8, 4) is 11.5 Å². The molecule has 0 aliphatic carbocycles. The summed E-state index contributed by atoms with van der Waals surface area (Å²) in [4.78, 5) is 18.1. The molecule has 1 N–H and O–H groups in total. The average molecular weight is 598 g/mol. The van der Waals surface area contributed by atoms with Crippen LogP contribution >= 0.6 is 46.7 Å². The minimum Gasteiger partial charge on any atom is -0.490 e. The van der Waals surface area contributed by atoms with Crippen LogP contribution in [-0.2, 0) is 4.79 Å². The lowest BCUT2D eigenvalue weighted by Crippen LogP contribution is -2.35. The van der Waals surface area contributed by atoms with E-state index in [0.29, 0.717) is 50.5 Å². The Morgan fingerprint density at radius 3 is 2.62 bits per heavy atom. The standard InChI is InChI=1S/C28H22Cl2N4O3S2/c1-2-36-24-16-17(7-12-23(24)37-13-14-38-19-10-8-18(29)9-11-19)15-21-25(31)34-28(32-26(21)35)39-27(33-34)20-5-3-4-6-22(20)30/h3-12,15-16,31H,2,13-14H2,1H3/b21-15-,31-25?. The van der Waals surface area contributed by atoms with E-state index in [1.165, 1.54) is 16.8 Å². The highest BCUT2D eigenvalue weighted by molar-refractivity contribution is 8.27. The Hall–Kier alpha value is -3.24. The topological polar surface area (TPSA) is 87.3 Å². The molecule has 0 spiro atoms. The number of amides is 1. The van der Waals surface area contributed by atoms with Crippen molar-refractivity contribution in [3.05, 3.63) is 93.5 Å². The van der Waals surface area contributed by atoms with E-state index in [2.05, 4.69) is 10.1 Å². The Bertz CT molecular complexity index is 1520. The Balaban J connectivity index is 1.31. The number of aliphatic imine (C=N–C) groups is 1. The van der Waals surface area contributed by atoms with E-state index < -0.39 is 5.91 Å². The maximum absolute atomic E-state index is 12.9. The van der Waals surface area contributed by atoms with Gasteiger partial charge in [0.05, 0.1) is 23.8 Å². The Morgan fingerprint density at radius 2 is 1.85 bits per heavy atom. The molecule has 2 aliphatic rings. The average Bonchev–Trinajstić information content (AvgIpc) is 3.35. The summed E-state index contributed by atoms with van der Waals surface area (Å²) in [6.07, 6.45) is 1.61. The number of hydrogen-bond acceptors (Lipinski definition) is 7. The highest BCUT2D eigenvalue weighted by Crippen LogP contribution is 2.34. The molecule has 2 heterocycles. The van der Waals surface area contributed by atoms with E-state index in [1.54, 1.807) is 36.0 Å². The predicted octanol–water partition coefficient (Wildman–Crippen LogP) is 7.23. The predicted molar refractivity (Wildman–Crippen MR) is 161 cm³/mol. The maximum atomic E-state index is 12.9. The SMILES string of the molecule is CCOc1cc(/C=C2/C(=N)N3N=C(c4ccccc4Cl)SC3=NC2=O)ccc1OCCSc1ccc(Cl)cc1. The molecule has 0 saturated carbocycles. The quantitative estimate of drug-likeness (QED) is 0.159. The maximum Gasteiger partial charge on any atom is 0.283 e. The lowest BCUT2D eigenvalue weighted by atomic mass is 10.1. The molecule has 2 aliphatic heterocycles. The summed E-state index contributed by atoms with van der Waals surface area (Å²) in [6.45, 7) is 2.82. The monoisotopic (exact) mass is 596 g/mol. The number of hydrazone groups is 1. The van der Waals surface area contributed by atoms with Crippen molar-refractivity contribution in [3.63, 3.8) is 0 Å². The number of nitrogens with zero attached hydrogens (tertiary/aromatic N) is 3. The first-order valence-electron chi connectivity index (χ1n) is 12.0. The van der Waals surface area contributed by atoms with Crippen molar-refractivity contribution in [2.45, 2.75) is 11.8 Å². The zero-order valence-corrected chi connectivity index (χ0v) is 23.8. The number of hydrogen-bond donors (Lipinski definition) is 1. The molecule has 3 aromatic rings. The molecule has 3 aromatic carbocycles. The van der Waals surface area contributed by atoms with Crippen LogP contribution in [0.4, 0.5) is 0 Å². The molecule has 11 heteroatoms. The first kappa shape index (κ1) is 27.3. The lowest BCUT2D eigenvalue weighted by Gasteiger charge is -2.20. The van der Waals surface area contributed by atoms with Gasteiger partial charge in [0, 0.05) is 21.2 Å². The van der Waals surface area contributed by atoms with Crippen molar-refractivity contribution < 1.29 is 14.3 Å². The normalized spacial score (nSPS) is 15.8. The molecule has 0 fully saturated rings. The van der Waals surface area contributed by atoms with Gasteiger partial charge in [0.2, 0.25) is 5.17 Å². The fourth-order valence-electron chi connectivity index (χ4n) is 3.75. The molecule has 0 atom stereocenters. The van der Waals surface area contributed by atoms with E-state index >= 15 is 0 Å². The number of carbonyl (C=O) groups is 1. The smallest absolute Gasteiger partial charge is 0.283 e. The van der Waals surface area contributed by atoms with Crippen LogP contribution in [-0.4, -0.2) is 45.9 Å². The number of rotatable bonds is 9. The van der Waals surface area contributed by atoms with Crippen molar-refractivity contribution in [1.29, 1.82) is 5.41 Å². The van der Waals surface area contributed by atoms with Gasteiger partial charge in [-0.15, -0.1) is 11.8 Å². The number of thioether (sulfide) groups is 2. The van der Waals surface area contributed by atoms with Gasteiger partial charge in [0.25, 0.3) is 5.91 Å². The largest absolute Gasteiger partial charge is 0.490 e. The first-order valence-corrected chi connectivity index (χ1v) is 14.5. The third-order valence-corrected chi connectivity index (χ3v) is 8.06. The highest BCUT2D eigenvalue weighted by atomic mass is 35.5. The number of carbonyl (C=O) groups excluding carboxylic acids is 1.